The number of ether oxygens (including phenoxy) is 1. The first-order valence-electron chi connectivity index (χ1n) is 7.75. The van der Waals surface area contributed by atoms with Crippen molar-refractivity contribution in [3.05, 3.63) is 12.2 Å². The van der Waals surface area contributed by atoms with Gasteiger partial charge in [-0.25, -0.2) is 4.79 Å². The van der Waals surface area contributed by atoms with Crippen molar-refractivity contribution in [1.82, 2.24) is 10.6 Å². The summed E-state index contributed by atoms with van der Waals surface area (Å²) in [5.41, 5.74) is -0.490. The summed E-state index contributed by atoms with van der Waals surface area (Å²) in [6, 6.07) is 0. The first kappa shape index (κ1) is 17.5. The highest BCUT2D eigenvalue weighted by Crippen LogP contribution is 2.16. The Morgan fingerprint density at radius 3 is 2.62 bits per heavy atom. The molecule has 0 heterocycles. The van der Waals surface area contributed by atoms with Crippen LogP contribution in [0.4, 0.5) is 4.79 Å². The maximum Gasteiger partial charge on any atom is 0.407 e. The predicted molar refractivity (Wildman–Crippen MR) is 83.0 cm³/mol. The van der Waals surface area contributed by atoms with Gasteiger partial charge in [-0.3, -0.25) is 4.79 Å². The zero-order chi connectivity index (χ0) is 15.7. The highest BCUT2D eigenvalue weighted by atomic mass is 16.6. The van der Waals surface area contributed by atoms with E-state index in [1.54, 1.807) is 0 Å². The second kappa shape index (κ2) is 8.70. The Hall–Kier alpha value is -1.52. The number of carbonyl (C=O) groups is 2. The molecule has 21 heavy (non-hydrogen) atoms. The first-order valence-corrected chi connectivity index (χ1v) is 7.75. The van der Waals surface area contributed by atoms with Crippen molar-refractivity contribution in [2.75, 3.05) is 13.1 Å². The van der Waals surface area contributed by atoms with Crippen LogP contribution in [-0.2, 0) is 9.53 Å². The molecule has 0 fully saturated rings. The molecule has 0 bridgehead atoms. The molecule has 1 aliphatic rings. The molecule has 0 spiro atoms. The van der Waals surface area contributed by atoms with Crippen molar-refractivity contribution in [3.8, 4) is 0 Å². The minimum atomic E-state index is -0.490. The zero-order valence-corrected chi connectivity index (χ0v) is 13.4. The van der Waals surface area contributed by atoms with Crippen molar-refractivity contribution in [3.63, 3.8) is 0 Å². The third-order valence-electron chi connectivity index (χ3n) is 3.21. The molecule has 0 aromatic heterocycles. The summed E-state index contributed by atoms with van der Waals surface area (Å²) in [4.78, 5) is 23.1. The maximum atomic E-state index is 11.7. The summed E-state index contributed by atoms with van der Waals surface area (Å²) in [7, 11) is 0. The van der Waals surface area contributed by atoms with E-state index in [9.17, 15) is 9.59 Å². The predicted octanol–water partition coefficient (Wildman–Crippen LogP) is 2.76. The molecule has 5 nitrogen and oxygen atoms in total. The van der Waals surface area contributed by atoms with Crippen molar-refractivity contribution in [2.45, 2.75) is 58.5 Å². The van der Waals surface area contributed by atoms with E-state index in [0.717, 1.165) is 25.8 Å². The molecule has 1 rings (SSSR count). The monoisotopic (exact) mass is 296 g/mol. The van der Waals surface area contributed by atoms with E-state index >= 15 is 0 Å². The summed E-state index contributed by atoms with van der Waals surface area (Å²) >= 11 is 0. The molecule has 1 atom stereocenters. The van der Waals surface area contributed by atoms with Gasteiger partial charge in [0, 0.05) is 19.5 Å². The summed E-state index contributed by atoms with van der Waals surface area (Å²) in [5.74, 6) is 0.620. The van der Waals surface area contributed by atoms with Gasteiger partial charge in [0.1, 0.15) is 5.60 Å². The Morgan fingerprint density at radius 2 is 2.00 bits per heavy atom. The van der Waals surface area contributed by atoms with E-state index in [2.05, 4.69) is 22.8 Å². The fraction of sp³-hybridized carbons (Fsp3) is 0.750. The Labute approximate surface area is 127 Å². The highest BCUT2D eigenvalue weighted by molar-refractivity contribution is 5.76. The summed E-state index contributed by atoms with van der Waals surface area (Å²) < 4.78 is 5.11. The first-order chi connectivity index (χ1) is 9.87. The average molecular weight is 296 g/mol. The van der Waals surface area contributed by atoms with Gasteiger partial charge in [-0.05, 0) is 52.4 Å². The molecule has 0 saturated heterocycles. The van der Waals surface area contributed by atoms with Crippen molar-refractivity contribution in [2.24, 2.45) is 5.92 Å². The lowest BCUT2D eigenvalue weighted by atomic mass is 9.94. The van der Waals surface area contributed by atoms with E-state index in [1.807, 2.05) is 20.8 Å². The second-order valence-corrected chi connectivity index (χ2v) is 6.49. The molecule has 120 valence electrons. The average Bonchev–Trinajstić information content (AvgIpc) is 2.40. The topological polar surface area (TPSA) is 67.4 Å². The van der Waals surface area contributed by atoms with Crippen LogP contribution in [0.1, 0.15) is 52.9 Å². The van der Waals surface area contributed by atoms with Gasteiger partial charge in [0.15, 0.2) is 0 Å². The highest BCUT2D eigenvalue weighted by Gasteiger charge is 2.15. The van der Waals surface area contributed by atoms with E-state index in [4.69, 9.17) is 4.74 Å². The number of amides is 2. The maximum absolute atomic E-state index is 11.7. The number of hydrogen-bond donors (Lipinski definition) is 2. The largest absolute Gasteiger partial charge is 0.444 e. The molecule has 0 aromatic rings. The summed E-state index contributed by atoms with van der Waals surface area (Å²) in [6.07, 6.45) is 8.31. The third kappa shape index (κ3) is 9.10. The number of hydrogen-bond acceptors (Lipinski definition) is 3. The zero-order valence-electron chi connectivity index (χ0n) is 13.4. The molecular formula is C16H28N2O3. The number of alkyl carbamates (subject to hydrolysis) is 1. The second-order valence-electron chi connectivity index (χ2n) is 6.49. The minimum absolute atomic E-state index is 0.0514. The SMILES string of the molecule is CC(C)(C)OC(=O)NCCCC(=O)NCC1CC=CCC1. The summed E-state index contributed by atoms with van der Waals surface area (Å²) in [5, 5.41) is 5.61. The van der Waals surface area contributed by atoms with Crippen LogP contribution >= 0.6 is 0 Å². The number of nitrogens with one attached hydrogen (secondary N) is 2. The van der Waals surface area contributed by atoms with E-state index < -0.39 is 11.7 Å². The Balaban J connectivity index is 2.03. The molecule has 5 heteroatoms. The van der Waals surface area contributed by atoms with Crippen LogP contribution in [0, 0.1) is 5.92 Å². The van der Waals surface area contributed by atoms with Gasteiger partial charge in [0.2, 0.25) is 5.91 Å². The van der Waals surface area contributed by atoms with Crippen LogP contribution in [0.3, 0.4) is 0 Å². The van der Waals surface area contributed by atoms with Crippen molar-refractivity contribution >= 4 is 12.0 Å². The number of rotatable bonds is 6. The molecule has 1 aliphatic carbocycles. The van der Waals surface area contributed by atoms with Crippen LogP contribution in [0.25, 0.3) is 0 Å². The molecule has 0 radical (unpaired) electrons. The molecule has 0 aromatic carbocycles. The van der Waals surface area contributed by atoms with Crippen LogP contribution < -0.4 is 10.6 Å². The van der Waals surface area contributed by atoms with Gasteiger partial charge in [-0.15, -0.1) is 0 Å². The lowest BCUT2D eigenvalue weighted by molar-refractivity contribution is -0.121. The normalized spacial score (nSPS) is 18.1. The van der Waals surface area contributed by atoms with Gasteiger partial charge < -0.3 is 15.4 Å². The van der Waals surface area contributed by atoms with Gasteiger partial charge in [-0.1, -0.05) is 12.2 Å². The minimum Gasteiger partial charge on any atom is -0.444 e. The van der Waals surface area contributed by atoms with Crippen LogP contribution in [0.5, 0.6) is 0 Å². The van der Waals surface area contributed by atoms with E-state index in [-0.39, 0.29) is 5.91 Å². The van der Waals surface area contributed by atoms with Crippen LogP contribution in [0.15, 0.2) is 12.2 Å². The Kier molecular flexibility index (Phi) is 7.26. The lowest BCUT2D eigenvalue weighted by Crippen LogP contribution is -2.34. The standard InChI is InChI=1S/C16H28N2O3/c1-16(2,3)21-15(20)17-11-7-10-14(19)18-12-13-8-5-4-6-9-13/h4-5,13H,6-12H2,1-3H3,(H,17,20)(H,18,19). The van der Waals surface area contributed by atoms with E-state index in [0.29, 0.717) is 25.3 Å². The van der Waals surface area contributed by atoms with Crippen LogP contribution in [-0.4, -0.2) is 30.7 Å². The molecule has 0 aliphatic heterocycles. The van der Waals surface area contributed by atoms with Crippen molar-refractivity contribution < 1.29 is 14.3 Å². The van der Waals surface area contributed by atoms with Gasteiger partial charge in [0.25, 0.3) is 0 Å². The fourth-order valence-electron chi connectivity index (χ4n) is 2.14. The van der Waals surface area contributed by atoms with E-state index in [1.165, 1.54) is 0 Å². The molecule has 2 amide bonds. The fourth-order valence-corrected chi connectivity index (χ4v) is 2.14. The van der Waals surface area contributed by atoms with Gasteiger partial charge in [-0.2, -0.15) is 0 Å². The molecule has 1 unspecified atom stereocenters. The van der Waals surface area contributed by atoms with Crippen LogP contribution in [0.2, 0.25) is 0 Å². The summed E-state index contributed by atoms with van der Waals surface area (Å²) in [6.45, 7) is 6.67. The third-order valence-corrected chi connectivity index (χ3v) is 3.21. The molecular weight excluding hydrogens is 268 g/mol. The lowest BCUT2D eigenvalue weighted by Gasteiger charge is -2.19. The number of allylic oxidation sites excluding steroid dienone is 2. The molecule has 0 saturated carbocycles. The number of carbonyl (C=O) groups excluding carboxylic acids is 2. The van der Waals surface area contributed by atoms with Gasteiger partial charge >= 0.3 is 6.09 Å². The smallest absolute Gasteiger partial charge is 0.407 e. The Bertz CT molecular complexity index is 372. The Morgan fingerprint density at radius 1 is 1.24 bits per heavy atom. The van der Waals surface area contributed by atoms with Crippen molar-refractivity contribution in [1.29, 1.82) is 0 Å². The molecule has 2 N–H and O–H groups in total. The van der Waals surface area contributed by atoms with Gasteiger partial charge in [0.05, 0.1) is 0 Å². The quantitative estimate of drug-likeness (QED) is 0.585.